The predicted molar refractivity (Wildman–Crippen MR) is 105 cm³/mol. The Hall–Kier alpha value is -2.25. The van der Waals surface area contributed by atoms with Gasteiger partial charge in [-0.3, -0.25) is 9.78 Å². The molecule has 3 rings (SSSR count). The molecule has 1 saturated heterocycles. The minimum Gasteiger partial charge on any atom is -0.352 e. The summed E-state index contributed by atoms with van der Waals surface area (Å²) in [4.78, 5) is 16.0. The molecule has 0 radical (unpaired) electrons. The quantitative estimate of drug-likeness (QED) is 0.789. The number of nitrogens with zero attached hydrogens (tertiary/aromatic N) is 2. The number of pyridine rings is 1. The molecule has 0 spiro atoms. The lowest BCUT2D eigenvalue weighted by Gasteiger charge is -2.31. The van der Waals surface area contributed by atoms with E-state index < -0.39 is 10.0 Å². The molecule has 144 valence electrons. The highest BCUT2D eigenvalue weighted by atomic mass is 32.2. The molecule has 27 heavy (non-hydrogen) atoms. The van der Waals surface area contributed by atoms with Crippen LogP contribution in [0.25, 0.3) is 0 Å². The molecular weight excluding hydrogens is 362 g/mol. The monoisotopic (exact) mass is 387 g/mol. The molecule has 7 heteroatoms. The molecule has 2 aromatic rings. The maximum atomic E-state index is 12.6. The van der Waals surface area contributed by atoms with E-state index in [4.69, 9.17) is 0 Å². The minimum absolute atomic E-state index is 0.115. The largest absolute Gasteiger partial charge is 0.352 e. The van der Waals surface area contributed by atoms with E-state index in [9.17, 15) is 13.2 Å². The fourth-order valence-electron chi connectivity index (χ4n) is 3.25. The van der Waals surface area contributed by atoms with Gasteiger partial charge in [-0.05, 0) is 42.9 Å². The Morgan fingerprint density at radius 2 is 1.74 bits per heavy atom. The Morgan fingerprint density at radius 3 is 2.41 bits per heavy atom. The molecule has 1 aliphatic heterocycles. The Morgan fingerprint density at radius 1 is 1.07 bits per heavy atom. The summed E-state index contributed by atoms with van der Waals surface area (Å²) in [5.41, 5.74) is 1.63. The second-order valence-electron chi connectivity index (χ2n) is 6.84. The summed E-state index contributed by atoms with van der Waals surface area (Å²) in [6.45, 7) is 1.61. The van der Waals surface area contributed by atoms with Crippen LogP contribution >= 0.6 is 0 Å². The highest BCUT2D eigenvalue weighted by molar-refractivity contribution is 7.89. The summed E-state index contributed by atoms with van der Waals surface area (Å²) >= 11 is 0. The van der Waals surface area contributed by atoms with Gasteiger partial charge in [0.25, 0.3) is 5.91 Å². The van der Waals surface area contributed by atoms with Gasteiger partial charge in [0.05, 0.1) is 5.75 Å². The zero-order valence-electron chi connectivity index (χ0n) is 15.3. The van der Waals surface area contributed by atoms with E-state index >= 15 is 0 Å². The zero-order valence-corrected chi connectivity index (χ0v) is 16.1. The molecule has 1 aromatic carbocycles. The first kappa shape index (κ1) is 19.5. The van der Waals surface area contributed by atoms with Crippen molar-refractivity contribution in [2.75, 3.05) is 25.4 Å². The second kappa shape index (κ2) is 9.10. The molecule has 0 unspecified atom stereocenters. The molecule has 1 amide bonds. The van der Waals surface area contributed by atoms with Crippen molar-refractivity contribution in [3.8, 4) is 0 Å². The van der Waals surface area contributed by atoms with Gasteiger partial charge in [-0.2, -0.15) is 0 Å². The van der Waals surface area contributed by atoms with Crippen molar-refractivity contribution in [1.82, 2.24) is 14.6 Å². The molecular formula is C20H25N3O3S. The van der Waals surface area contributed by atoms with Gasteiger partial charge in [0.2, 0.25) is 10.0 Å². The number of nitrogens with one attached hydrogen (secondary N) is 1. The second-order valence-corrected chi connectivity index (χ2v) is 8.93. The number of carbonyl (C=O) groups excluding carboxylic acids is 1. The molecule has 1 aromatic heterocycles. The van der Waals surface area contributed by atoms with Crippen molar-refractivity contribution in [3.63, 3.8) is 0 Å². The van der Waals surface area contributed by atoms with E-state index in [-0.39, 0.29) is 11.7 Å². The van der Waals surface area contributed by atoms with Crippen molar-refractivity contribution in [3.05, 3.63) is 66.0 Å². The third kappa shape index (κ3) is 5.61. The van der Waals surface area contributed by atoms with E-state index in [1.807, 2.05) is 30.3 Å². The van der Waals surface area contributed by atoms with Gasteiger partial charge in [-0.1, -0.05) is 30.3 Å². The van der Waals surface area contributed by atoms with Crippen LogP contribution in [-0.2, 0) is 16.4 Å². The number of amides is 1. The number of sulfonamides is 1. The Labute approximate surface area is 160 Å². The Bertz CT molecular complexity index is 833. The molecule has 1 aliphatic rings. The van der Waals surface area contributed by atoms with Crippen molar-refractivity contribution in [2.45, 2.75) is 19.3 Å². The number of aromatic nitrogens is 1. The standard InChI is InChI=1S/C20H25N3O3S/c24-20(19-6-11-21-12-7-19)22-16-18-8-13-23(14-9-18)27(25,26)15-10-17-4-2-1-3-5-17/h1-7,11-12,18H,8-10,13-16H2,(H,22,24). The number of rotatable bonds is 7. The van der Waals surface area contributed by atoms with E-state index in [2.05, 4.69) is 10.3 Å². The highest BCUT2D eigenvalue weighted by Crippen LogP contribution is 2.20. The average molecular weight is 388 g/mol. The van der Waals surface area contributed by atoms with Gasteiger partial charge in [0.1, 0.15) is 0 Å². The lowest BCUT2D eigenvalue weighted by Crippen LogP contribution is -2.42. The first-order chi connectivity index (χ1) is 13.0. The molecule has 6 nitrogen and oxygen atoms in total. The number of hydrogen-bond acceptors (Lipinski definition) is 4. The fourth-order valence-corrected chi connectivity index (χ4v) is 4.77. The van der Waals surface area contributed by atoms with Crippen LogP contribution in [0.5, 0.6) is 0 Å². The lowest BCUT2D eigenvalue weighted by atomic mass is 9.98. The molecule has 0 bridgehead atoms. The first-order valence-electron chi connectivity index (χ1n) is 9.24. The molecule has 0 aliphatic carbocycles. The van der Waals surface area contributed by atoms with Gasteiger partial charge >= 0.3 is 0 Å². The van der Waals surface area contributed by atoms with Crippen LogP contribution in [0, 0.1) is 5.92 Å². The van der Waals surface area contributed by atoms with Crippen LogP contribution in [0.2, 0.25) is 0 Å². The molecule has 0 saturated carbocycles. The maximum absolute atomic E-state index is 12.6. The van der Waals surface area contributed by atoms with Gasteiger partial charge < -0.3 is 5.32 Å². The van der Waals surface area contributed by atoms with Crippen molar-refractivity contribution in [1.29, 1.82) is 0 Å². The van der Waals surface area contributed by atoms with Gasteiger partial charge in [-0.25, -0.2) is 12.7 Å². The SMILES string of the molecule is O=C(NCC1CCN(S(=O)(=O)CCc2ccccc2)CC1)c1ccncc1. The van der Waals surface area contributed by atoms with E-state index in [0.717, 1.165) is 18.4 Å². The Balaban J connectivity index is 1.43. The van der Waals surface area contributed by atoms with Crippen molar-refractivity contribution in [2.24, 2.45) is 5.92 Å². The average Bonchev–Trinajstić information content (AvgIpc) is 2.72. The van der Waals surface area contributed by atoms with Crippen LogP contribution in [0.4, 0.5) is 0 Å². The fraction of sp³-hybridized carbons (Fsp3) is 0.400. The third-order valence-electron chi connectivity index (χ3n) is 4.95. The predicted octanol–water partition coefficient (Wildman–Crippen LogP) is 2.10. The van der Waals surface area contributed by atoms with Crippen molar-refractivity contribution >= 4 is 15.9 Å². The smallest absolute Gasteiger partial charge is 0.251 e. The molecule has 1 fully saturated rings. The molecule has 0 atom stereocenters. The summed E-state index contributed by atoms with van der Waals surface area (Å²) in [5, 5.41) is 2.93. The van der Waals surface area contributed by atoms with Crippen LogP contribution < -0.4 is 5.32 Å². The minimum atomic E-state index is -3.24. The molecule has 2 heterocycles. The summed E-state index contributed by atoms with van der Waals surface area (Å²) in [6.07, 6.45) is 5.24. The number of aryl methyl sites for hydroxylation is 1. The highest BCUT2D eigenvalue weighted by Gasteiger charge is 2.27. The number of piperidine rings is 1. The van der Waals surface area contributed by atoms with Crippen molar-refractivity contribution < 1.29 is 13.2 Å². The zero-order chi connectivity index (χ0) is 19.1. The number of carbonyl (C=O) groups is 1. The Kier molecular flexibility index (Phi) is 6.58. The summed E-state index contributed by atoms with van der Waals surface area (Å²) in [6, 6.07) is 13.0. The van der Waals surface area contributed by atoms with E-state index in [1.54, 1.807) is 28.8 Å². The van der Waals surface area contributed by atoms with Gasteiger partial charge in [0, 0.05) is 37.6 Å². The lowest BCUT2D eigenvalue weighted by molar-refractivity contribution is 0.0941. The van der Waals surface area contributed by atoms with E-state index in [1.165, 1.54) is 0 Å². The van der Waals surface area contributed by atoms with Gasteiger partial charge in [0.15, 0.2) is 0 Å². The summed E-state index contributed by atoms with van der Waals surface area (Å²) < 4.78 is 26.7. The third-order valence-corrected chi connectivity index (χ3v) is 6.82. The topological polar surface area (TPSA) is 79.4 Å². The van der Waals surface area contributed by atoms with Crippen LogP contribution in [-0.4, -0.2) is 49.0 Å². The van der Waals surface area contributed by atoms with E-state index in [0.29, 0.717) is 37.5 Å². The molecule has 1 N–H and O–H groups in total. The van der Waals surface area contributed by atoms with Gasteiger partial charge in [-0.15, -0.1) is 0 Å². The van der Waals surface area contributed by atoms with Crippen LogP contribution in [0.15, 0.2) is 54.9 Å². The summed E-state index contributed by atoms with van der Waals surface area (Å²) in [5.74, 6) is 0.326. The number of hydrogen-bond donors (Lipinski definition) is 1. The normalized spacial score (nSPS) is 16.1. The number of benzene rings is 1. The maximum Gasteiger partial charge on any atom is 0.251 e. The van der Waals surface area contributed by atoms with Crippen LogP contribution in [0.1, 0.15) is 28.8 Å². The van der Waals surface area contributed by atoms with Crippen LogP contribution in [0.3, 0.4) is 0 Å². The summed E-state index contributed by atoms with van der Waals surface area (Å²) in [7, 11) is -3.24. The first-order valence-corrected chi connectivity index (χ1v) is 10.9.